The highest BCUT2D eigenvalue weighted by Gasteiger charge is 2.33. The molecule has 2 aromatic carbocycles. The average molecular weight is 507 g/mol. The third kappa shape index (κ3) is 13.4. The molecule has 2 aromatic rings. The molecule has 0 bridgehead atoms. The van der Waals surface area contributed by atoms with Gasteiger partial charge in [0.2, 0.25) is 0 Å². The van der Waals surface area contributed by atoms with Crippen molar-refractivity contribution < 1.29 is 4.74 Å². The van der Waals surface area contributed by atoms with Crippen LogP contribution in [-0.4, -0.2) is 0 Å². The molecule has 0 saturated carbocycles. The third-order valence-electron chi connectivity index (χ3n) is 7.76. The van der Waals surface area contributed by atoms with Crippen LogP contribution in [0.3, 0.4) is 0 Å². The molecule has 2 nitrogen and oxygen atoms in total. The molecule has 0 heterocycles. The third-order valence-corrected chi connectivity index (χ3v) is 7.76. The van der Waals surface area contributed by atoms with Crippen LogP contribution in [-0.2, 0) is 5.60 Å². The van der Waals surface area contributed by atoms with E-state index >= 15 is 0 Å². The van der Waals surface area contributed by atoms with Crippen LogP contribution in [0, 0.1) is 6.92 Å². The molecule has 207 valence electrons. The predicted octanol–water partition coefficient (Wildman–Crippen LogP) is 11.2. The summed E-state index contributed by atoms with van der Waals surface area (Å²) in [5.41, 5.74) is 7.73. The van der Waals surface area contributed by atoms with Crippen molar-refractivity contribution in [2.24, 2.45) is 0 Å². The number of benzene rings is 2. The summed E-state index contributed by atoms with van der Waals surface area (Å²) in [6.45, 7) is 6.40. The summed E-state index contributed by atoms with van der Waals surface area (Å²) in [4.78, 5) is 0. The zero-order valence-electron chi connectivity index (χ0n) is 24.0. The quantitative estimate of drug-likeness (QED) is 0.120. The molecule has 0 fully saturated rings. The first-order valence-corrected chi connectivity index (χ1v) is 15.6. The first-order valence-electron chi connectivity index (χ1n) is 15.6. The molecular weight excluding hydrogens is 450 g/mol. The predicted molar refractivity (Wildman–Crippen MR) is 163 cm³/mol. The van der Waals surface area contributed by atoms with Gasteiger partial charge in [0, 0.05) is 5.69 Å². The van der Waals surface area contributed by atoms with E-state index in [-0.39, 0.29) is 5.60 Å². The van der Waals surface area contributed by atoms with Crippen LogP contribution in [0.2, 0.25) is 0 Å². The molecule has 0 saturated heterocycles. The highest BCUT2D eigenvalue weighted by atomic mass is 16.5. The van der Waals surface area contributed by atoms with Crippen LogP contribution in [0.4, 0.5) is 5.69 Å². The van der Waals surface area contributed by atoms with E-state index in [1.165, 1.54) is 108 Å². The second-order valence-electron chi connectivity index (χ2n) is 11.0. The lowest BCUT2D eigenvalue weighted by atomic mass is 9.83. The maximum atomic E-state index is 6.79. The van der Waals surface area contributed by atoms with E-state index in [2.05, 4.69) is 50.2 Å². The van der Waals surface area contributed by atoms with E-state index in [1.807, 2.05) is 18.2 Å². The summed E-state index contributed by atoms with van der Waals surface area (Å²) >= 11 is 0. The number of hydrogen-bond donors (Lipinski definition) is 1. The van der Waals surface area contributed by atoms with Gasteiger partial charge in [0.1, 0.15) is 11.4 Å². The van der Waals surface area contributed by atoms with E-state index in [9.17, 15) is 0 Å². The minimum absolute atomic E-state index is 0.317. The van der Waals surface area contributed by atoms with E-state index in [1.54, 1.807) is 0 Å². The Balaban J connectivity index is 1.69. The number of anilines is 1. The Morgan fingerprint density at radius 3 is 1.54 bits per heavy atom. The smallest absolute Gasteiger partial charge is 0.134 e. The highest BCUT2D eigenvalue weighted by molar-refractivity contribution is 5.41. The summed E-state index contributed by atoms with van der Waals surface area (Å²) in [6.07, 6.45) is 26.2. The second kappa shape index (κ2) is 20.1. The van der Waals surface area contributed by atoms with E-state index in [0.29, 0.717) is 0 Å². The highest BCUT2D eigenvalue weighted by Crippen LogP contribution is 2.38. The van der Waals surface area contributed by atoms with Crippen LogP contribution in [0.5, 0.6) is 5.75 Å². The topological polar surface area (TPSA) is 35.2 Å². The number of nitrogens with two attached hydrogens (primary N) is 1. The summed E-state index contributed by atoms with van der Waals surface area (Å²) in [6, 6.07) is 18.6. The number of para-hydroxylation sites is 1. The fourth-order valence-electron chi connectivity index (χ4n) is 5.44. The molecular formula is C35H56NO. The Morgan fingerprint density at radius 1 is 0.595 bits per heavy atom. The maximum Gasteiger partial charge on any atom is 0.134 e. The second-order valence-corrected chi connectivity index (χ2v) is 11.0. The Labute approximate surface area is 229 Å². The molecule has 37 heavy (non-hydrogen) atoms. The van der Waals surface area contributed by atoms with Gasteiger partial charge >= 0.3 is 0 Å². The van der Waals surface area contributed by atoms with Gasteiger partial charge in [-0.25, -0.2) is 0 Å². The molecule has 0 amide bonds. The van der Waals surface area contributed by atoms with Gasteiger partial charge in [-0.3, -0.25) is 0 Å². The van der Waals surface area contributed by atoms with Crippen molar-refractivity contribution in [3.8, 4) is 5.75 Å². The van der Waals surface area contributed by atoms with Gasteiger partial charge in [0.25, 0.3) is 0 Å². The van der Waals surface area contributed by atoms with Crippen LogP contribution in [0.25, 0.3) is 0 Å². The zero-order chi connectivity index (χ0) is 26.4. The van der Waals surface area contributed by atoms with Crippen LogP contribution < -0.4 is 10.5 Å². The average Bonchev–Trinajstić information content (AvgIpc) is 2.92. The minimum Gasteiger partial charge on any atom is -0.483 e. The molecule has 1 radical (unpaired) electrons. The number of unbranched alkanes of at least 4 members (excludes halogenated alkanes) is 16. The molecule has 0 aromatic heterocycles. The van der Waals surface area contributed by atoms with Crippen molar-refractivity contribution in [3.63, 3.8) is 0 Å². The van der Waals surface area contributed by atoms with E-state index < -0.39 is 0 Å². The number of rotatable bonds is 23. The van der Waals surface area contributed by atoms with Crippen molar-refractivity contribution in [3.05, 3.63) is 67.1 Å². The van der Waals surface area contributed by atoms with Crippen LogP contribution in [0.15, 0.2) is 54.6 Å². The molecule has 2 N–H and O–H groups in total. The molecule has 2 rings (SSSR count). The molecule has 0 spiro atoms. The molecule has 2 heteroatoms. The normalized spacial score (nSPS) is 12.9. The van der Waals surface area contributed by atoms with Crippen molar-refractivity contribution >= 4 is 5.69 Å². The molecule has 0 aliphatic carbocycles. The maximum absolute atomic E-state index is 6.79. The molecule has 0 aliphatic rings. The van der Waals surface area contributed by atoms with E-state index in [4.69, 9.17) is 10.5 Å². The fourth-order valence-corrected chi connectivity index (χ4v) is 5.44. The standard InChI is InChI=1S/C35H56NO/c1-3-5-7-8-9-10-11-12-13-14-15-16-17-18-19-23-31-35(30-6-4-2,32-26-28-33(36)29-27-32)37-34-24-21-20-22-25-34/h20-22,24-29H,2-19,23,30-31,36H2,1H3. The Morgan fingerprint density at radius 2 is 1.05 bits per heavy atom. The SMILES string of the molecule is [CH2]CCCC(CCCCCCCCCCCCCCCCCC)(Oc1ccccc1)c1ccc(N)cc1. The van der Waals surface area contributed by atoms with Gasteiger partial charge in [-0.15, -0.1) is 0 Å². The lowest BCUT2D eigenvalue weighted by Gasteiger charge is -2.36. The molecule has 1 unspecified atom stereocenters. The van der Waals surface area contributed by atoms with Crippen molar-refractivity contribution in [2.45, 2.75) is 141 Å². The van der Waals surface area contributed by atoms with Gasteiger partial charge in [-0.2, -0.15) is 0 Å². The number of nitrogen functional groups attached to an aromatic ring is 1. The fraction of sp³-hybridized carbons (Fsp3) is 0.629. The molecule has 0 aliphatic heterocycles. The van der Waals surface area contributed by atoms with Crippen LogP contribution in [0.1, 0.15) is 141 Å². The van der Waals surface area contributed by atoms with Crippen molar-refractivity contribution in [1.82, 2.24) is 0 Å². The summed E-state index contributed by atoms with van der Waals surface area (Å²) in [5, 5.41) is 0. The zero-order valence-corrected chi connectivity index (χ0v) is 24.0. The van der Waals surface area contributed by atoms with Gasteiger partial charge in [0.05, 0.1) is 0 Å². The summed E-state index contributed by atoms with van der Waals surface area (Å²) in [5.74, 6) is 0.944. The van der Waals surface area contributed by atoms with Crippen LogP contribution >= 0.6 is 0 Å². The first kappa shape index (κ1) is 31.3. The van der Waals surface area contributed by atoms with Gasteiger partial charge in [-0.05, 0) is 55.5 Å². The monoisotopic (exact) mass is 506 g/mol. The van der Waals surface area contributed by atoms with E-state index in [0.717, 1.165) is 37.1 Å². The first-order chi connectivity index (χ1) is 18.2. The lowest BCUT2D eigenvalue weighted by Crippen LogP contribution is -2.33. The largest absolute Gasteiger partial charge is 0.483 e. The Hall–Kier alpha value is -1.96. The minimum atomic E-state index is -0.317. The van der Waals surface area contributed by atoms with Gasteiger partial charge in [0.15, 0.2) is 0 Å². The van der Waals surface area contributed by atoms with Gasteiger partial charge < -0.3 is 10.5 Å². The number of hydrogen-bond acceptors (Lipinski definition) is 2. The summed E-state index contributed by atoms with van der Waals surface area (Å²) < 4.78 is 6.79. The molecule has 1 atom stereocenters. The lowest BCUT2D eigenvalue weighted by molar-refractivity contribution is 0.0420. The van der Waals surface area contributed by atoms with Crippen molar-refractivity contribution in [1.29, 1.82) is 0 Å². The Kier molecular flexibility index (Phi) is 16.9. The van der Waals surface area contributed by atoms with Crippen molar-refractivity contribution in [2.75, 3.05) is 5.73 Å². The number of ether oxygens (including phenoxy) is 1. The summed E-state index contributed by atoms with van der Waals surface area (Å²) in [7, 11) is 0. The Bertz CT molecular complexity index is 772. The van der Waals surface area contributed by atoms with Gasteiger partial charge in [-0.1, -0.05) is 147 Å².